The fourth-order valence-electron chi connectivity index (χ4n) is 2.40. The van der Waals surface area contributed by atoms with Crippen LogP contribution in [0.1, 0.15) is 32.8 Å². The largest absolute Gasteiger partial charge is 0.444 e. The molecule has 1 aliphatic heterocycles. The van der Waals surface area contributed by atoms with E-state index in [0.29, 0.717) is 5.69 Å². The van der Waals surface area contributed by atoms with Crippen LogP contribution in [0.2, 0.25) is 0 Å². The van der Waals surface area contributed by atoms with Crippen molar-refractivity contribution in [2.24, 2.45) is 0 Å². The highest BCUT2D eigenvalue weighted by molar-refractivity contribution is 7.87. The molecule has 1 aliphatic rings. The number of hydrogen-bond acceptors (Lipinski definition) is 5. The van der Waals surface area contributed by atoms with E-state index in [2.05, 4.69) is 5.32 Å². The van der Waals surface area contributed by atoms with E-state index in [1.165, 1.54) is 4.90 Å². The molecule has 1 saturated heterocycles. The Kier molecular flexibility index (Phi) is 5.36. The summed E-state index contributed by atoms with van der Waals surface area (Å²) in [5, 5.41) is 1.28. The highest BCUT2D eigenvalue weighted by Gasteiger charge is 2.39. The number of anilines is 1. The van der Waals surface area contributed by atoms with Gasteiger partial charge in [0, 0.05) is 25.2 Å². The van der Waals surface area contributed by atoms with E-state index in [1.54, 1.807) is 45.0 Å². The lowest BCUT2D eigenvalue weighted by molar-refractivity contribution is -0.117. The molecule has 0 aromatic heterocycles. The summed E-state index contributed by atoms with van der Waals surface area (Å²) in [6.45, 7) is 5.33. The van der Waals surface area contributed by atoms with Gasteiger partial charge in [-0.25, -0.2) is 4.79 Å². The van der Waals surface area contributed by atoms with E-state index < -0.39 is 33.1 Å². The summed E-state index contributed by atoms with van der Waals surface area (Å²) < 4.78 is 40.1. The Hall–Kier alpha value is -2.16. The van der Waals surface area contributed by atoms with E-state index in [4.69, 9.17) is 4.74 Å². The number of rotatable bonds is 4. The molecule has 1 aromatic rings. The summed E-state index contributed by atoms with van der Waals surface area (Å²) in [7, 11) is -4.74. The first-order valence-corrected chi connectivity index (χ1v) is 9.20. The number of hydrogen-bond donors (Lipinski definition) is 1. The van der Waals surface area contributed by atoms with Crippen LogP contribution in [0.5, 0.6) is 0 Å². The molecule has 0 bridgehead atoms. The first-order chi connectivity index (χ1) is 11.5. The Labute approximate surface area is 146 Å². The second-order valence-corrected chi connectivity index (χ2v) is 8.45. The maximum atomic E-state index is 13.1. The van der Waals surface area contributed by atoms with Crippen LogP contribution in [0.25, 0.3) is 0 Å². The van der Waals surface area contributed by atoms with Crippen molar-refractivity contribution in [1.82, 2.24) is 5.32 Å². The highest BCUT2D eigenvalue weighted by atomic mass is 32.3. The molecule has 0 radical (unpaired) electrons. The van der Waals surface area contributed by atoms with E-state index >= 15 is 0 Å². The first-order valence-electron chi connectivity index (χ1n) is 7.75. The number of halogens is 1. The predicted molar refractivity (Wildman–Crippen MR) is 90.3 cm³/mol. The van der Waals surface area contributed by atoms with Gasteiger partial charge in [-0.2, -0.15) is 8.42 Å². The quantitative estimate of drug-likeness (QED) is 0.817. The molecule has 1 atom stereocenters. The number of nitrogens with zero attached hydrogens (tertiary/aromatic N) is 1. The summed E-state index contributed by atoms with van der Waals surface area (Å²) in [5.74, 6) is -0.439. The zero-order chi connectivity index (χ0) is 18.8. The Bertz CT molecular complexity index is 756. The van der Waals surface area contributed by atoms with Gasteiger partial charge in [0.2, 0.25) is 5.91 Å². The van der Waals surface area contributed by atoms with Gasteiger partial charge in [0.05, 0.1) is 0 Å². The Morgan fingerprint density at radius 3 is 2.40 bits per heavy atom. The Balaban J connectivity index is 1.96. The van der Waals surface area contributed by atoms with Crippen LogP contribution < -0.4 is 10.2 Å². The fraction of sp³-hybridized carbons (Fsp3) is 0.500. The monoisotopic (exact) mass is 372 g/mol. The summed E-state index contributed by atoms with van der Waals surface area (Å²) in [6.07, 6.45) is -0.900. The van der Waals surface area contributed by atoms with Crippen molar-refractivity contribution in [2.75, 3.05) is 11.4 Å². The van der Waals surface area contributed by atoms with Crippen molar-refractivity contribution in [2.45, 2.75) is 44.6 Å². The topological polar surface area (TPSA) is 92.8 Å². The molecule has 9 heteroatoms. The van der Waals surface area contributed by atoms with Gasteiger partial charge >= 0.3 is 16.3 Å². The summed E-state index contributed by atoms with van der Waals surface area (Å²) in [6, 6.07) is 6.63. The molecule has 1 N–H and O–H groups in total. The van der Waals surface area contributed by atoms with Crippen LogP contribution in [0, 0.1) is 0 Å². The third-order valence-corrected chi connectivity index (χ3v) is 4.68. The van der Waals surface area contributed by atoms with Gasteiger partial charge in [0.25, 0.3) is 0 Å². The molecule has 0 aliphatic carbocycles. The van der Waals surface area contributed by atoms with Gasteiger partial charge in [0.1, 0.15) is 10.9 Å². The fourth-order valence-corrected chi connectivity index (χ4v) is 3.06. The second-order valence-electron chi connectivity index (χ2n) is 6.83. The molecule has 1 unspecified atom stereocenters. The molecule has 0 saturated carbocycles. The molecular weight excluding hydrogens is 351 g/mol. The van der Waals surface area contributed by atoms with Crippen molar-refractivity contribution in [3.8, 4) is 0 Å². The lowest BCUT2D eigenvalue weighted by atomic mass is 10.2. The van der Waals surface area contributed by atoms with Crippen molar-refractivity contribution in [1.29, 1.82) is 0 Å². The minimum atomic E-state index is -4.74. The average molecular weight is 372 g/mol. The molecule has 2 amide bonds. The smallest absolute Gasteiger partial charge is 0.407 e. The minimum Gasteiger partial charge on any atom is -0.444 e. The normalized spacial score (nSPS) is 18.3. The molecule has 25 heavy (non-hydrogen) atoms. The van der Waals surface area contributed by atoms with E-state index in [0.717, 1.165) is 5.56 Å². The van der Waals surface area contributed by atoms with Crippen LogP contribution in [-0.4, -0.2) is 37.8 Å². The minimum absolute atomic E-state index is 0.201. The highest BCUT2D eigenvalue weighted by Crippen LogP contribution is 2.26. The average Bonchev–Trinajstić information content (AvgIpc) is 2.86. The zero-order valence-corrected chi connectivity index (χ0v) is 15.1. The van der Waals surface area contributed by atoms with Gasteiger partial charge in [-0.1, -0.05) is 12.1 Å². The maximum absolute atomic E-state index is 13.1. The van der Waals surface area contributed by atoms with Crippen LogP contribution in [0.4, 0.5) is 14.4 Å². The van der Waals surface area contributed by atoms with Gasteiger partial charge < -0.3 is 15.0 Å². The second kappa shape index (κ2) is 6.99. The number of carbonyl (C=O) groups is 2. The molecule has 1 fully saturated rings. The maximum Gasteiger partial charge on any atom is 0.407 e. The molecule has 1 heterocycles. The first kappa shape index (κ1) is 19.2. The number of alkyl carbamates (subject to hydrolysis) is 1. The third kappa shape index (κ3) is 5.42. The number of ether oxygens (including phenoxy) is 1. The molecule has 0 spiro atoms. The van der Waals surface area contributed by atoms with Crippen molar-refractivity contribution in [3.63, 3.8) is 0 Å². The molecule has 7 nitrogen and oxygen atoms in total. The molecule has 1 aromatic carbocycles. The SMILES string of the molecule is CC(C)(C)OC(=O)NCc1ccc(N2CC(S(=O)(=O)F)CC2=O)cc1. The number of nitrogens with one attached hydrogen (secondary N) is 1. The van der Waals surface area contributed by atoms with E-state index in [9.17, 15) is 21.9 Å². The lowest BCUT2D eigenvalue weighted by Crippen LogP contribution is -2.32. The predicted octanol–water partition coefficient (Wildman–Crippen LogP) is 2.12. The Morgan fingerprint density at radius 2 is 1.92 bits per heavy atom. The van der Waals surface area contributed by atoms with Gasteiger partial charge in [-0.3, -0.25) is 4.79 Å². The number of benzene rings is 1. The zero-order valence-electron chi connectivity index (χ0n) is 14.3. The number of amides is 2. The van der Waals surface area contributed by atoms with E-state index in [-0.39, 0.29) is 19.5 Å². The van der Waals surface area contributed by atoms with Crippen molar-refractivity contribution < 1.29 is 26.6 Å². The summed E-state index contributed by atoms with van der Waals surface area (Å²) in [5.41, 5.74) is 0.672. The number of carbonyl (C=O) groups excluding carboxylic acids is 2. The standard InChI is InChI=1S/C16H21FN2O5S/c1-16(2,3)24-15(21)18-9-11-4-6-12(7-5-11)19-10-13(8-14(19)20)25(17,22)23/h4-7,13H,8-10H2,1-3H3,(H,18,21). The lowest BCUT2D eigenvalue weighted by Gasteiger charge is -2.20. The van der Waals surface area contributed by atoms with Gasteiger partial charge in [0.15, 0.2) is 0 Å². The van der Waals surface area contributed by atoms with Crippen LogP contribution in [0.3, 0.4) is 0 Å². The molecular formula is C16H21FN2O5S. The van der Waals surface area contributed by atoms with Gasteiger partial charge in [-0.05, 0) is 38.5 Å². The van der Waals surface area contributed by atoms with Gasteiger partial charge in [-0.15, -0.1) is 3.89 Å². The van der Waals surface area contributed by atoms with E-state index in [1.807, 2.05) is 0 Å². The summed E-state index contributed by atoms with van der Waals surface area (Å²) in [4.78, 5) is 24.7. The van der Waals surface area contributed by atoms with Crippen LogP contribution >= 0.6 is 0 Å². The summed E-state index contributed by atoms with van der Waals surface area (Å²) >= 11 is 0. The third-order valence-electron chi connectivity index (χ3n) is 3.57. The Morgan fingerprint density at radius 1 is 1.32 bits per heavy atom. The van der Waals surface area contributed by atoms with Crippen LogP contribution in [0.15, 0.2) is 24.3 Å². The van der Waals surface area contributed by atoms with Crippen molar-refractivity contribution in [3.05, 3.63) is 29.8 Å². The molecule has 2 rings (SSSR count). The molecule has 138 valence electrons. The van der Waals surface area contributed by atoms with Crippen LogP contribution in [-0.2, 0) is 26.3 Å². The van der Waals surface area contributed by atoms with Crippen molar-refractivity contribution >= 4 is 27.9 Å².